The molecule has 2 N–H and O–H groups in total. The molecule has 46 heavy (non-hydrogen) atoms. The van der Waals surface area contributed by atoms with Crippen molar-refractivity contribution in [2.24, 2.45) is 5.41 Å². The number of aromatic nitrogens is 2. The number of ether oxygens (including phenoxy) is 3. The number of hydrogen-bond acceptors (Lipinski definition) is 11. The summed E-state index contributed by atoms with van der Waals surface area (Å²) in [6.45, 7) is 1.99. The maximum absolute atomic E-state index is 14.1. The number of rotatable bonds is 13. The zero-order valence-electron chi connectivity index (χ0n) is 25.4. The molecule has 0 spiro atoms. The molecule has 1 saturated heterocycles. The Morgan fingerprint density at radius 1 is 1.11 bits per heavy atom. The van der Waals surface area contributed by atoms with E-state index in [-0.39, 0.29) is 47.6 Å². The molecule has 1 amide bonds. The molecule has 5 rings (SSSR count). The summed E-state index contributed by atoms with van der Waals surface area (Å²) < 4.78 is 30.6. The Kier molecular flexibility index (Phi) is 10.2. The number of anilines is 2. The number of benzene rings is 1. The Hall–Kier alpha value is -5.27. The largest absolute Gasteiger partial charge is 0.484 e. The molecule has 238 valence electrons. The minimum atomic E-state index is -0.615. The first-order valence-corrected chi connectivity index (χ1v) is 15.0. The molecule has 3 aromatic rings. The van der Waals surface area contributed by atoms with Crippen molar-refractivity contribution in [1.82, 2.24) is 14.9 Å². The molecule has 2 aromatic heterocycles. The van der Waals surface area contributed by atoms with Gasteiger partial charge in [0, 0.05) is 37.5 Å². The van der Waals surface area contributed by atoms with Crippen LogP contribution in [0.3, 0.4) is 0 Å². The van der Waals surface area contributed by atoms with Gasteiger partial charge < -0.3 is 24.8 Å². The molecule has 3 heterocycles. The SMILES string of the molecule is COC(=O)c1ccc(NC(=O)CN2CCC(Oc3cccc(COc4ccc(C#N)cc4F)n3)CC2)c(NCC2(CC#N)CC2)n1. The van der Waals surface area contributed by atoms with Crippen molar-refractivity contribution in [3.8, 4) is 23.8 Å². The molecule has 0 unspecified atom stereocenters. The van der Waals surface area contributed by atoms with Gasteiger partial charge in [-0.15, -0.1) is 0 Å². The summed E-state index contributed by atoms with van der Waals surface area (Å²) in [5, 5.41) is 24.2. The third-order valence-corrected chi connectivity index (χ3v) is 8.01. The summed E-state index contributed by atoms with van der Waals surface area (Å²) in [4.78, 5) is 36.0. The van der Waals surface area contributed by atoms with Crippen LogP contribution in [0.4, 0.5) is 15.9 Å². The lowest BCUT2D eigenvalue weighted by Crippen LogP contribution is -2.42. The lowest BCUT2D eigenvalue weighted by molar-refractivity contribution is -0.117. The van der Waals surface area contributed by atoms with Gasteiger partial charge in [0.05, 0.1) is 42.7 Å². The van der Waals surface area contributed by atoms with Crippen LogP contribution in [0, 0.1) is 33.9 Å². The van der Waals surface area contributed by atoms with Crippen molar-refractivity contribution in [3.63, 3.8) is 0 Å². The number of pyridine rings is 2. The summed E-state index contributed by atoms with van der Waals surface area (Å²) in [5.41, 5.74) is 1.23. The zero-order chi connectivity index (χ0) is 32.5. The molecule has 1 aliphatic heterocycles. The van der Waals surface area contributed by atoms with E-state index in [2.05, 4.69) is 26.7 Å². The van der Waals surface area contributed by atoms with Gasteiger partial charge in [-0.1, -0.05) is 6.07 Å². The number of esters is 1. The quantitative estimate of drug-likeness (QED) is 0.258. The minimum absolute atomic E-state index is 0.0342. The molecule has 0 atom stereocenters. The lowest BCUT2D eigenvalue weighted by Gasteiger charge is -2.31. The topological polar surface area (TPSA) is 162 Å². The van der Waals surface area contributed by atoms with Crippen molar-refractivity contribution in [3.05, 3.63) is 71.3 Å². The van der Waals surface area contributed by atoms with E-state index in [0.717, 1.165) is 18.9 Å². The monoisotopic (exact) mass is 627 g/mol. The van der Waals surface area contributed by atoms with Crippen LogP contribution in [-0.2, 0) is 16.1 Å². The minimum Gasteiger partial charge on any atom is -0.484 e. The molecule has 0 radical (unpaired) electrons. The average Bonchev–Trinajstić information content (AvgIpc) is 3.84. The van der Waals surface area contributed by atoms with Gasteiger partial charge in [-0.05, 0) is 62.1 Å². The summed E-state index contributed by atoms with van der Waals surface area (Å²) in [6, 6.07) is 16.6. The number of carbonyl (C=O) groups excluding carboxylic acids is 2. The van der Waals surface area contributed by atoms with E-state index in [1.165, 1.54) is 25.3 Å². The van der Waals surface area contributed by atoms with Crippen LogP contribution < -0.4 is 20.1 Å². The number of carbonyl (C=O) groups is 2. The maximum Gasteiger partial charge on any atom is 0.356 e. The Bertz CT molecular complexity index is 1660. The predicted octanol–water partition coefficient (Wildman–Crippen LogP) is 4.44. The highest BCUT2D eigenvalue weighted by Crippen LogP contribution is 2.48. The van der Waals surface area contributed by atoms with Gasteiger partial charge in [0.1, 0.15) is 12.7 Å². The van der Waals surface area contributed by atoms with Gasteiger partial charge in [-0.25, -0.2) is 19.2 Å². The number of methoxy groups -OCH3 is 1. The van der Waals surface area contributed by atoms with Crippen molar-refractivity contribution >= 4 is 23.4 Å². The fourth-order valence-electron chi connectivity index (χ4n) is 5.14. The fraction of sp³-hybridized carbons (Fsp3) is 0.394. The highest BCUT2D eigenvalue weighted by molar-refractivity contribution is 5.96. The van der Waals surface area contributed by atoms with Crippen molar-refractivity contribution in [2.75, 3.05) is 43.9 Å². The first-order valence-electron chi connectivity index (χ1n) is 15.0. The number of halogens is 1. The van der Waals surface area contributed by atoms with Gasteiger partial charge in [0.25, 0.3) is 0 Å². The van der Waals surface area contributed by atoms with Gasteiger partial charge in [0.2, 0.25) is 11.8 Å². The summed E-state index contributed by atoms with van der Waals surface area (Å²) in [6.07, 6.45) is 3.58. The van der Waals surface area contributed by atoms with Crippen molar-refractivity contribution < 1.29 is 28.2 Å². The maximum atomic E-state index is 14.1. The first-order chi connectivity index (χ1) is 22.3. The summed E-state index contributed by atoms with van der Waals surface area (Å²) in [5.74, 6) is -0.597. The molecule has 1 aromatic carbocycles. The molecule has 12 nitrogen and oxygen atoms in total. The van der Waals surface area contributed by atoms with E-state index in [0.29, 0.717) is 62.0 Å². The second kappa shape index (κ2) is 14.7. The molecular formula is C33H34FN7O5. The van der Waals surface area contributed by atoms with Crippen LogP contribution in [-0.4, -0.2) is 66.1 Å². The number of amides is 1. The third kappa shape index (κ3) is 8.46. The van der Waals surface area contributed by atoms with E-state index in [9.17, 15) is 14.0 Å². The van der Waals surface area contributed by atoms with Crippen molar-refractivity contribution in [2.45, 2.75) is 44.8 Å². The second-order valence-corrected chi connectivity index (χ2v) is 11.4. The number of nitriles is 2. The van der Waals surface area contributed by atoms with Crippen LogP contribution in [0.15, 0.2) is 48.5 Å². The summed E-state index contributed by atoms with van der Waals surface area (Å²) in [7, 11) is 1.28. The zero-order valence-corrected chi connectivity index (χ0v) is 25.4. The number of nitrogens with one attached hydrogen (secondary N) is 2. The molecule has 2 fully saturated rings. The molecule has 1 saturated carbocycles. The van der Waals surface area contributed by atoms with E-state index >= 15 is 0 Å². The molecule has 0 bridgehead atoms. The number of nitrogens with zero attached hydrogens (tertiary/aromatic N) is 5. The smallest absolute Gasteiger partial charge is 0.356 e. The third-order valence-electron chi connectivity index (χ3n) is 8.01. The number of piperidine rings is 1. The number of hydrogen-bond donors (Lipinski definition) is 2. The first kappa shape index (κ1) is 32.1. The Balaban J connectivity index is 1.10. The highest BCUT2D eigenvalue weighted by atomic mass is 19.1. The Morgan fingerprint density at radius 2 is 1.91 bits per heavy atom. The average molecular weight is 628 g/mol. The normalized spacial score (nSPS) is 15.6. The van der Waals surface area contributed by atoms with Gasteiger partial charge in [-0.2, -0.15) is 10.5 Å². The van der Waals surface area contributed by atoms with E-state index < -0.39 is 11.8 Å². The summed E-state index contributed by atoms with van der Waals surface area (Å²) >= 11 is 0. The Labute approximate surface area is 266 Å². The molecular weight excluding hydrogens is 593 g/mol. The predicted molar refractivity (Wildman–Crippen MR) is 164 cm³/mol. The van der Waals surface area contributed by atoms with Crippen LogP contribution in [0.1, 0.15) is 53.8 Å². The molecule has 13 heteroatoms. The fourth-order valence-corrected chi connectivity index (χ4v) is 5.14. The van der Waals surface area contributed by atoms with Gasteiger partial charge in [-0.3, -0.25) is 9.69 Å². The van der Waals surface area contributed by atoms with Crippen LogP contribution in [0.5, 0.6) is 11.6 Å². The standard InChI is InChI=1S/C33H34FN7O5/c1-44-32(43)27-7-6-26(31(40-27)37-21-33(11-12-33)13-14-35)39-29(42)19-41-15-9-24(10-16-41)46-30-4-2-3-23(38-30)20-45-28-8-5-22(18-36)17-25(28)34/h2-8,17,24H,9-13,15-16,19-21H2,1H3,(H,37,40)(H,39,42). The lowest BCUT2D eigenvalue weighted by atomic mass is 10.0. The second-order valence-electron chi connectivity index (χ2n) is 11.4. The van der Waals surface area contributed by atoms with E-state index in [1.54, 1.807) is 24.3 Å². The van der Waals surface area contributed by atoms with Gasteiger partial charge in [0.15, 0.2) is 23.1 Å². The molecule has 1 aliphatic carbocycles. The highest BCUT2D eigenvalue weighted by Gasteiger charge is 2.42. The van der Waals surface area contributed by atoms with Crippen LogP contribution in [0.2, 0.25) is 0 Å². The van der Waals surface area contributed by atoms with E-state index in [1.807, 2.05) is 11.0 Å². The Morgan fingerprint density at radius 3 is 2.61 bits per heavy atom. The number of likely N-dealkylation sites (tertiary alicyclic amines) is 1. The van der Waals surface area contributed by atoms with Crippen LogP contribution >= 0.6 is 0 Å². The van der Waals surface area contributed by atoms with E-state index in [4.69, 9.17) is 24.7 Å². The van der Waals surface area contributed by atoms with Crippen molar-refractivity contribution in [1.29, 1.82) is 10.5 Å². The van der Waals surface area contributed by atoms with Crippen LogP contribution in [0.25, 0.3) is 0 Å². The van der Waals surface area contributed by atoms with Gasteiger partial charge >= 0.3 is 5.97 Å². The molecule has 2 aliphatic rings.